The smallest absolute Gasteiger partial charge is 0.234 e. The molecule has 17 heavy (non-hydrogen) atoms. The van der Waals surface area contributed by atoms with Crippen LogP contribution in [0, 0.1) is 5.92 Å². The lowest BCUT2D eigenvalue weighted by molar-refractivity contribution is -0.112. The first kappa shape index (κ1) is 10.3. The summed E-state index contributed by atoms with van der Waals surface area (Å²) in [7, 11) is 0. The van der Waals surface area contributed by atoms with Gasteiger partial charge in [0, 0.05) is 17.0 Å². The number of carbonyl (C=O) groups excluding carboxylic acids is 2. The van der Waals surface area contributed by atoms with Gasteiger partial charge in [0.25, 0.3) is 0 Å². The maximum absolute atomic E-state index is 12.0. The molecule has 2 unspecified atom stereocenters. The number of rotatable bonds is 0. The van der Waals surface area contributed by atoms with Crippen LogP contribution in [-0.2, 0) is 9.53 Å². The Morgan fingerprint density at radius 1 is 1.00 bits per heavy atom. The monoisotopic (exact) mass is 228 g/mol. The van der Waals surface area contributed by atoms with Crippen molar-refractivity contribution >= 4 is 17.3 Å². The molecule has 0 N–H and O–H groups in total. The van der Waals surface area contributed by atoms with Gasteiger partial charge in [-0.2, -0.15) is 0 Å². The summed E-state index contributed by atoms with van der Waals surface area (Å²) in [4.78, 5) is 24.0. The summed E-state index contributed by atoms with van der Waals surface area (Å²) in [5.74, 6) is -0.237. The summed E-state index contributed by atoms with van der Waals surface area (Å²) in [6.07, 6.45) is -0.0529. The molecule has 0 saturated carbocycles. The SMILES string of the molecule is CC1OC2=C(C(=O)C(=O)c3ccccc32)C1C. The van der Waals surface area contributed by atoms with Crippen LogP contribution in [0.3, 0.4) is 0 Å². The average Bonchev–Trinajstić information content (AvgIpc) is 2.63. The van der Waals surface area contributed by atoms with E-state index < -0.39 is 11.6 Å². The highest BCUT2D eigenvalue weighted by molar-refractivity contribution is 6.52. The first-order valence-electron chi connectivity index (χ1n) is 5.70. The lowest BCUT2D eigenvalue weighted by atomic mass is 9.83. The zero-order valence-electron chi connectivity index (χ0n) is 9.69. The van der Waals surface area contributed by atoms with Crippen molar-refractivity contribution < 1.29 is 14.3 Å². The fraction of sp³-hybridized carbons (Fsp3) is 0.286. The number of benzene rings is 1. The maximum atomic E-state index is 12.0. The van der Waals surface area contributed by atoms with Crippen molar-refractivity contribution in [3.63, 3.8) is 0 Å². The van der Waals surface area contributed by atoms with Crippen LogP contribution in [0.1, 0.15) is 29.8 Å². The zero-order chi connectivity index (χ0) is 12.2. The minimum absolute atomic E-state index is 0.0187. The predicted octanol–water partition coefficient (Wildman–Crippen LogP) is 2.22. The molecule has 0 spiro atoms. The third-order valence-electron chi connectivity index (χ3n) is 3.58. The second kappa shape index (κ2) is 3.29. The number of ether oxygens (including phenoxy) is 1. The van der Waals surface area contributed by atoms with Crippen LogP contribution in [0.25, 0.3) is 5.76 Å². The van der Waals surface area contributed by atoms with Gasteiger partial charge < -0.3 is 4.74 Å². The Balaban J connectivity index is 2.28. The molecule has 1 aromatic rings. The molecule has 0 bridgehead atoms. The molecular formula is C14H12O3. The number of ketones is 2. The largest absolute Gasteiger partial charge is 0.489 e. The van der Waals surface area contributed by atoms with Gasteiger partial charge in [0.2, 0.25) is 11.6 Å². The van der Waals surface area contributed by atoms with Gasteiger partial charge in [-0.05, 0) is 6.92 Å². The fourth-order valence-electron chi connectivity index (χ4n) is 2.44. The Labute approximate surface area is 99.1 Å². The Bertz CT molecular complexity index is 569. The maximum Gasteiger partial charge on any atom is 0.234 e. The van der Waals surface area contributed by atoms with Gasteiger partial charge in [-0.15, -0.1) is 0 Å². The van der Waals surface area contributed by atoms with Gasteiger partial charge in [-0.1, -0.05) is 31.2 Å². The normalized spacial score (nSPS) is 26.7. The van der Waals surface area contributed by atoms with Crippen LogP contribution in [0.5, 0.6) is 0 Å². The standard InChI is InChI=1S/C14H12O3/c1-7-8(2)17-14-10-6-4-3-5-9(10)12(15)13(16)11(7)14/h3-8H,1-2H3. The quantitative estimate of drug-likeness (QED) is 0.639. The third kappa shape index (κ3) is 1.22. The molecule has 0 fully saturated rings. The van der Waals surface area contributed by atoms with E-state index in [1.807, 2.05) is 26.0 Å². The lowest BCUT2D eigenvalue weighted by Crippen LogP contribution is -2.25. The van der Waals surface area contributed by atoms with Crippen molar-refractivity contribution in [1.29, 1.82) is 0 Å². The molecule has 3 nitrogen and oxygen atoms in total. The van der Waals surface area contributed by atoms with Crippen molar-refractivity contribution in [2.45, 2.75) is 20.0 Å². The zero-order valence-corrected chi connectivity index (χ0v) is 9.69. The molecule has 1 aromatic carbocycles. The molecule has 2 aliphatic rings. The van der Waals surface area contributed by atoms with E-state index in [0.29, 0.717) is 16.9 Å². The van der Waals surface area contributed by atoms with Gasteiger partial charge in [0.15, 0.2) is 0 Å². The number of hydrogen-bond acceptors (Lipinski definition) is 3. The van der Waals surface area contributed by atoms with Crippen molar-refractivity contribution in [2.75, 3.05) is 0 Å². The summed E-state index contributed by atoms with van der Waals surface area (Å²) >= 11 is 0. The van der Waals surface area contributed by atoms with E-state index in [9.17, 15) is 9.59 Å². The summed E-state index contributed by atoms with van der Waals surface area (Å²) < 4.78 is 5.73. The molecule has 2 atom stereocenters. The Morgan fingerprint density at radius 2 is 1.65 bits per heavy atom. The molecular weight excluding hydrogens is 216 g/mol. The average molecular weight is 228 g/mol. The van der Waals surface area contributed by atoms with Crippen LogP contribution in [-0.4, -0.2) is 17.7 Å². The van der Waals surface area contributed by atoms with Crippen molar-refractivity contribution in [3.8, 4) is 0 Å². The number of carbonyl (C=O) groups is 2. The summed E-state index contributed by atoms with van der Waals surface area (Å²) in [6, 6.07) is 7.12. The van der Waals surface area contributed by atoms with E-state index in [1.165, 1.54) is 0 Å². The molecule has 0 saturated heterocycles. The Kier molecular flexibility index (Phi) is 1.99. The highest BCUT2D eigenvalue weighted by Crippen LogP contribution is 2.41. The molecule has 0 aromatic heterocycles. The molecule has 0 radical (unpaired) electrons. The topological polar surface area (TPSA) is 43.4 Å². The van der Waals surface area contributed by atoms with Crippen LogP contribution < -0.4 is 0 Å². The summed E-state index contributed by atoms with van der Waals surface area (Å²) in [5.41, 5.74) is 1.75. The van der Waals surface area contributed by atoms with E-state index >= 15 is 0 Å². The van der Waals surface area contributed by atoms with Gasteiger partial charge in [-0.25, -0.2) is 0 Å². The van der Waals surface area contributed by atoms with E-state index in [2.05, 4.69) is 0 Å². The van der Waals surface area contributed by atoms with Gasteiger partial charge in [0.05, 0.1) is 5.57 Å². The Hall–Kier alpha value is -1.90. The van der Waals surface area contributed by atoms with Crippen LogP contribution in [0.2, 0.25) is 0 Å². The molecule has 3 heteroatoms. The van der Waals surface area contributed by atoms with Gasteiger partial charge >= 0.3 is 0 Å². The summed E-state index contributed by atoms with van der Waals surface area (Å²) in [5, 5.41) is 0. The second-order valence-corrected chi connectivity index (χ2v) is 4.56. The molecule has 3 rings (SSSR count). The van der Waals surface area contributed by atoms with Crippen LogP contribution >= 0.6 is 0 Å². The van der Waals surface area contributed by atoms with E-state index in [4.69, 9.17) is 4.74 Å². The molecule has 1 aliphatic heterocycles. The molecule has 86 valence electrons. The minimum atomic E-state index is -0.413. The highest BCUT2D eigenvalue weighted by Gasteiger charge is 2.42. The van der Waals surface area contributed by atoms with Gasteiger partial charge in [-0.3, -0.25) is 9.59 Å². The van der Waals surface area contributed by atoms with Gasteiger partial charge in [0.1, 0.15) is 11.9 Å². The number of fused-ring (bicyclic) bond motifs is 2. The van der Waals surface area contributed by atoms with Crippen molar-refractivity contribution in [2.24, 2.45) is 5.92 Å². The first-order valence-corrected chi connectivity index (χ1v) is 5.70. The fourth-order valence-corrected chi connectivity index (χ4v) is 2.44. The first-order chi connectivity index (χ1) is 8.11. The highest BCUT2D eigenvalue weighted by atomic mass is 16.5. The minimum Gasteiger partial charge on any atom is -0.489 e. The predicted molar refractivity (Wildman–Crippen MR) is 62.4 cm³/mol. The van der Waals surface area contributed by atoms with E-state index in [1.54, 1.807) is 12.1 Å². The summed E-state index contributed by atoms with van der Waals surface area (Å²) in [6.45, 7) is 3.84. The lowest BCUT2D eigenvalue weighted by Gasteiger charge is -2.15. The van der Waals surface area contributed by atoms with Crippen LogP contribution in [0.4, 0.5) is 0 Å². The van der Waals surface area contributed by atoms with E-state index in [-0.39, 0.29) is 12.0 Å². The number of Topliss-reactive ketones (excluding diaryl/α,β-unsaturated/α-hetero) is 2. The van der Waals surface area contributed by atoms with E-state index in [0.717, 1.165) is 5.56 Å². The van der Waals surface area contributed by atoms with Crippen molar-refractivity contribution in [1.82, 2.24) is 0 Å². The van der Waals surface area contributed by atoms with Crippen LogP contribution in [0.15, 0.2) is 29.8 Å². The second-order valence-electron chi connectivity index (χ2n) is 4.56. The Morgan fingerprint density at radius 3 is 2.35 bits per heavy atom. The molecule has 1 heterocycles. The third-order valence-corrected chi connectivity index (χ3v) is 3.58. The molecule has 0 amide bonds. The van der Waals surface area contributed by atoms with Crippen molar-refractivity contribution in [3.05, 3.63) is 41.0 Å². The number of hydrogen-bond donors (Lipinski definition) is 0. The molecule has 1 aliphatic carbocycles.